The van der Waals surface area contributed by atoms with E-state index >= 15 is 0 Å². The maximum atomic E-state index is 12.7. The number of benzene rings is 3. The van der Waals surface area contributed by atoms with Gasteiger partial charge in [-0.05, 0) is 48.2 Å². The van der Waals surface area contributed by atoms with Gasteiger partial charge in [-0.3, -0.25) is 19.3 Å². The van der Waals surface area contributed by atoms with Crippen LogP contribution in [0, 0.1) is 0 Å². The summed E-state index contributed by atoms with van der Waals surface area (Å²) in [7, 11) is 1.63. The Bertz CT molecular complexity index is 1140. The second-order valence-electron chi connectivity index (χ2n) is 8.66. The van der Waals surface area contributed by atoms with Crippen LogP contribution < -0.4 is 10.1 Å². The lowest BCUT2D eigenvalue weighted by Gasteiger charge is -2.20. The number of unbranched alkanes of at least 4 members (excludes halogenated alkanes) is 3. The number of amides is 3. The average Bonchev–Trinajstić information content (AvgIpc) is 3.14. The second-order valence-corrected chi connectivity index (χ2v) is 8.66. The first-order valence-corrected chi connectivity index (χ1v) is 12.0. The third-order valence-corrected chi connectivity index (χ3v) is 6.30. The quantitative estimate of drug-likeness (QED) is 0.311. The van der Waals surface area contributed by atoms with Gasteiger partial charge in [0.15, 0.2) is 0 Å². The molecule has 3 aromatic rings. The molecule has 1 aliphatic heterocycles. The Kier molecular flexibility index (Phi) is 7.93. The fourth-order valence-electron chi connectivity index (χ4n) is 4.39. The van der Waals surface area contributed by atoms with Gasteiger partial charge in [0.05, 0.1) is 24.3 Å². The molecule has 6 heteroatoms. The molecule has 0 radical (unpaired) electrons. The fraction of sp³-hybridized carbons (Fsp3) is 0.276. The van der Waals surface area contributed by atoms with Crippen LogP contribution in [0.25, 0.3) is 0 Å². The van der Waals surface area contributed by atoms with Crippen molar-refractivity contribution in [3.8, 4) is 5.75 Å². The normalized spacial score (nSPS) is 13.5. The molecule has 0 spiro atoms. The van der Waals surface area contributed by atoms with E-state index in [2.05, 4.69) is 5.32 Å². The molecule has 0 unspecified atom stereocenters. The van der Waals surface area contributed by atoms with Crippen molar-refractivity contribution in [3.63, 3.8) is 0 Å². The fourth-order valence-corrected chi connectivity index (χ4v) is 4.39. The van der Waals surface area contributed by atoms with Crippen LogP contribution in [0.2, 0.25) is 0 Å². The zero-order valence-electron chi connectivity index (χ0n) is 19.9. The maximum Gasteiger partial charge on any atom is 0.261 e. The van der Waals surface area contributed by atoms with E-state index < -0.39 is 0 Å². The Labute approximate surface area is 205 Å². The Hall–Kier alpha value is -3.93. The maximum absolute atomic E-state index is 12.7. The summed E-state index contributed by atoms with van der Waals surface area (Å²) in [6.45, 7) is 0.409. The molecule has 0 saturated heterocycles. The summed E-state index contributed by atoms with van der Waals surface area (Å²) in [6, 6.07) is 24.3. The number of nitrogens with one attached hydrogen (secondary N) is 1. The number of hydrogen-bond acceptors (Lipinski definition) is 4. The van der Waals surface area contributed by atoms with Crippen LogP contribution in [-0.4, -0.2) is 36.3 Å². The molecule has 35 heavy (non-hydrogen) atoms. The number of carbonyl (C=O) groups excluding carboxylic acids is 3. The molecule has 3 aromatic carbocycles. The number of imide groups is 1. The molecule has 3 amide bonds. The first kappa shape index (κ1) is 24.2. The van der Waals surface area contributed by atoms with Crippen LogP contribution in [0.4, 0.5) is 0 Å². The highest BCUT2D eigenvalue weighted by molar-refractivity contribution is 6.21. The van der Waals surface area contributed by atoms with Gasteiger partial charge in [-0.1, -0.05) is 67.4 Å². The molecular formula is C29H30N2O4. The topological polar surface area (TPSA) is 75.7 Å². The van der Waals surface area contributed by atoms with Crippen molar-refractivity contribution in [2.24, 2.45) is 0 Å². The van der Waals surface area contributed by atoms with E-state index in [0.29, 0.717) is 24.1 Å². The lowest BCUT2D eigenvalue weighted by Crippen LogP contribution is -2.30. The highest BCUT2D eigenvalue weighted by Gasteiger charge is 2.34. The van der Waals surface area contributed by atoms with E-state index in [1.165, 1.54) is 4.90 Å². The number of fused-ring (bicyclic) bond motifs is 1. The summed E-state index contributed by atoms with van der Waals surface area (Å²) in [4.78, 5) is 38.9. The third kappa shape index (κ3) is 5.77. The molecule has 1 aliphatic rings. The summed E-state index contributed by atoms with van der Waals surface area (Å²) < 4.78 is 5.25. The van der Waals surface area contributed by atoms with E-state index in [9.17, 15) is 14.4 Å². The Morgan fingerprint density at radius 1 is 0.771 bits per heavy atom. The number of rotatable bonds is 11. The zero-order valence-corrected chi connectivity index (χ0v) is 19.9. The minimum atomic E-state index is -0.233. The summed E-state index contributed by atoms with van der Waals surface area (Å²) in [5.41, 5.74) is 2.98. The standard InChI is InChI=1S/C29H30N2O4/c1-35-23-18-16-22(17-19-23)27(21-11-5-4-6-12-21)30-26(32)15-7-2-3-10-20-31-28(33)24-13-8-9-14-25(24)29(31)34/h4-6,8-9,11-14,16-19,27H,2-3,7,10,15,20H2,1H3,(H,30,32)/t27-/m0/s1. The van der Waals surface area contributed by atoms with Gasteiger partial charge in [0.2, 0.25) is 5.91 Å². The summed E-state index contributed by atoms with van der Waals surface area (Å²) >= 11 is 0. The predicted octanol–water partition coefficient (Wildman–Crippen LogP) is 5.15. The van der Waals surface area contributed by atoms with E-state index in [1.54, 1.807) is 31.4 Å². The number of carbonyl (C=O) groups is 3. The van der Waals surface area contributed by atoms with Crippen LogP contribution in [0.15, 0.2) is 78.9 Å². The van der Waals surface area contributed by atoms with Crippen LogP contribution in [0.1, 0.15) is 70.0 Å². The highest BCUT2D eigenvalue weighted by Crippen LogP contribution is 2.25. The Morgan fingerprint density at radius 3 is 1.97 bits per heavy atom. The summed E-state index contributed by atoms with van der Waals surface area (Å²) in [6.07, 6.45) is 3.60. The van der Waals surface area contributed by atoms with Gasteiger partial charge < -0.3 is 10.1 Å². The van der Waals surface area contributed by atoms with Crippen molar-refractivity contribution < 1.29 is 19.1 Å². The van der Waals surface area contributed by atoms with Gasteiger partial charge in [-0.15, -0.1) is 0 Å². The molecule has 180 valence electrons. The Morgan fingerprint density at radius 2 is 1.34 bits per heavy atom. The number of hydrogen-bond donors (Lipinski definition) is 1. The van der Waals surface area contributed by atoms with Crippen molar-refractivity contribution in [1.82, 2.24) is 10.2 Å². The smallest absolute Gasteiger partial charge is 0.261 e. The Balaban J connectivity index is 1.23. The first-order chi connectivity index (χ1) is 17.1. The summed E-state index contributed by atoms with van der Waals surface area (Å²) in [5.74, 6) is 0.342. The van der Waals surface area contributed by atoms with Gasteiger partial charge >= 0.3 is 0 Å². The van der Waals surface area contributed by atoms with Crippen LogP contribution >= 0.6 is 0 Å². The van der Waals surface area contributed by atoms with E-state index in [4.69, 9.17) is 4.74 Å². The van der Waals surface area contributed by atoms with E-state index in [1.807, 2.05) is 54.6 Å². The first-order valence-electron chi connectivity index (χ1n) is 12.0. The minimum Gasteiger partial charge on any atom is -0.497 e. The average molecular weight is 471 g/mol. The number of nitrogens with zero attached hydrogens (tertiary/aromatic N) is 1. The molecule has 0 saturated carbocycles. The van der Waals surface area contributed by atoms with Crippen molar-refractivity contribution in [1.29, 1.82) is 0 Å². The van der Waals surface area contributed by atoms with Crippen molar-refractivity contribution in [2.45, 2.75) is 38.1 Å². The summed E-state index contributed by atoms with van der Waals surface area (Å²) in [5, 5.41) is 3.17. The van der Waals surface area contributed by atoms with Gasteiger partial charge in [0, 0.05) is 13.0 Å². The molecule has 0 bridgehead atoms. The van der Waals surface area contributed by atoms with Crippen molar-refractivity contribution in [2.75, 3.05) is 13.7 Å². The molecular weight excluding hydrogens is 440 g/mol. The lowest BCUT2D eigenvalue weighted by molar-refractivity contribution is -0.121. The molecule has 1 heterocycles. The third-order valence-electron chi connectivity index (χ3n) is 6.30. The molecule has 6 nitrogen and oxygen atoms in total. The minimum absolute atomic E-state index is 0.00461. The van der Waals surface area contributed by atoms with Gasteiger partial charge in [0.25, 0.3) is 11.8 Å². The van der Waals surface area contributed by atoms with Gasteiger partial charge in [-0.2, -0.15) is 0 Å². The number of methoxy groups -OCH3 is 1. The second kappa shape index (κ2) is 11.5. The number of ether oxygens (including phenoxy) is 1. The van der Waals surface area contributed by atoms with Crippen molar-refractivity contribution in [3.05, 3.63) is 101 Å². The van der Waals surface area contributed by atoms with Crippen molar-refractivity contribution >= 4 is 17.7 Å². The molecule has 1 N–H and O–H groups in total. The molecule has 0 aromatic heterocycles. The SMILES string of the molecule is COc1ccc([C@@H](NC(=O)CCCCCCN2C(=O)c3ccccc3C2=O)c2ccccc2)cc1. The zero-order chi connectivity index (χ0) is 24.6. The molecule has 0 aliphatic carbocycles. The lowest BCUT2D eigenvalue weighted by atomic mass is 9.98. The molecule has 0 fully saturated rings. The van der Waals surface area contributed by atoms with Crippen LogP contribution in [-0.2, 0) is 4.79 Å². The molecule has 4 rings (SSSR count). The monoisotopic (exact) mass is 470 g/mol. The van der Waals surface area contributed by atoms with Crippen LogP contribution in [0.5, 0.6) is 5.75 Å². The van der Waals surface area contributed by atoms with E-state index in [-0.39, 0.29) is 23.8 Å². The van der Waals surface area contributed by atoms with Gasteiger partial charge in [-0.25, -0.2) is 0 Å². The van der Waals surface area contributed by atoms with Gasteiger partial charge in [0.1, 0.15) is 5.75 Å². The predicted molar refractivity (Wildman–Crippen MR) is 134 cm³/mol. The molecule has 1 atom stereocenters. The largest absolute Gasteiger partial charge is 0.497 e. The van der Waals surface area contributed by atoms with E-state index in [0.717, 1.165) is 42.6 Å². The van der Waals surface area contributed by atoms with Crippen LogP contribution in [0.3, 0.4) is 0 Å². The highest BCUT2D eigenvalue weighted by atomic mass is 16.5.